The molecule has 1 aromatic carbocycles. The lowest BCUT2D eigenvalue weighted by Gasteiger charge is -2.38. The molecule has 1 atom stereocenters. The number of aromatic nitrogens is 2. The van der Waals surface area contributed by atoms with Crippen molar-refractivity contribution in [2.45, 2.75) is 44.9 Å². The van der Waals surface area contributed by atoms with E-state index in [1.54, 1.807) is 7.11 Å². The number of halogens is 3. The zero-order valence-corrected chi connectivity index (χ0v) is 25.6. The molecule has 2 aliphatic heterocycles. The number of piperazine rings is 1. The van der Waals surface area contributed by atoms with Crippen LogP contribution < -0.4 is 20.7 Å². The van der Waals surface area contributed by atoms with Gasteiger partial charge in [-0.1, -0.05) is 12.1 Å². The predicted molar refractivity (Wildman–Crippen MR) is 167 cm³/mol. The molecular weight excluding hydrogens is 587 g/mol. The third-order valence-corrected chi connectivity index (χ3v) is 8.32. The van der Waals surface area contributed by atoms with E-state index in [4.69, 9.17) is 15.5 Å². The van der Waals surface area contributed by atoms with E-state index in [0.717, 1.165) is 37.6 Å². The van der Waals surface area contributed by atoms with Crippen LogP contribution in [0, 0.1) is 0 Å². The Morgan fingerprint density at radius 3 is 2.36 bits per heavy atom. The summed E-state index contributed by atoms with van der Waals surface area (Å²) in [6, 6.07) is 13.8. The van der Waals surface area contributed by atoms with E-state index in [-0.39, 0.29) is 17.8 Å². The first-order valence-corrected chi connectivity index (χ1v) is 15.0. The van der Waals surface area contributed by atoms with Crippen LogP contribution in [-0.2, 0) is 0 Å². The second kappa shape index (κ2) is 13.3. The molecule has 2 aliphatic rings. The molecule has 4 heterocycles. The number of amides is 1. The maximum absolute atomic E-state index is 13.9. The van der Waals surface area contributed by atoms with Gasteiger partial charge in [0.25, 0.3) is 11.7 Å². The molecule has 2 aromatic heterocycles. The molecule has 3 N–H and O–H groups in total. The molecule has 0 spiro atoms. The average Bonchev–Trinajstić information content (AvgIpc) is 3.03. The second-order valence-electron chi connectivity index (χ2n) is 11.6. The third kappa shape index (κ3) is 7.14. The van der Waals surface area contributed by atoms with E-state index < -0.39 is 23.3 Å². The number of pyridine rings is 2. The highest BCUT2D eigenvalue weighted by Gasteiger charge is 2.40. The van der Waals surface area contributed by atoms with Gasteiger partial charge in [0.15, 0.2) is 0 Å². The number of rotatable bonds is 8. The summed E-state index contributed by atoms with van der Waals surface area (Å²) in [6.07, 6.45) is -3.54. The van der Waals surface area contributed by atoms with Gasteiger partial charge in [-0.05, 0) is 63.1 Å². The minimum Gasteiger partial charge on any atom is -0.496 e. The van der Waals surface area contributed by atoms with Gasteiger partial charge in [0.2, 0.25) is 0 Å². The number of alkyl halides is 3. The summed E-state index contributed by atoms with van der Waals surface area (Å²) in [5, 5.41) is 3.24. The Labute approximate surface area is 260 Å². The van der Waals surface area contributed by atoms with Crippen LogP contribution in [0.3, 0.4) is 0 Å². The number of carbonyl (C=O) groups is 2. The molecule has 3 aromatic rings. The number of methoxy groups -OCH3 is 1. The fraction of sp³-hybridized carbons (Fsp3) is 0.438. The number of Topliss-reactive ketones (excluding diaryl/α,β-unsaturated/α-hetero) is 1. The largest absolute Gasteiger partial charge is 0.496 e. The van der Waals surface area contributed by atoms with E-state index in [1.807, 2.05) is 41.3 Å². The minimum atomic E-state index is -5.04. The van der Waals surface area contributed by atoms with Crippen molar-refractivity contribution in [2.75, 3.05) is 62.3 Å². The molecule has 0 bridgehead atoms. The number of ketones is 1. The lowest BCUT2D eigenvalue weighted by atomic mass is 10.0. The molecule has 240 valence electrons. The summed E-state index contributed by atoms with van der Waals surface area (Å²) in [4.78, 5) is 41.0. The Balaban J connectivity index is 1.42. The van der Waals surface area contributed by atoms with Crippen molar-refractivity contribution in [3.8, 4) is 17.0 Å². The van der Waals surface area contributed by atoms with E-state index in [1.165, 1.54) is 6.07 Å². The van der Waals surface area contributed by atoms with Crippen molar-refractivity contribution < 1.29 is 27.5 Å². The highest BCUT2D eigenvalue weighted by atomic mass is 19.4. The topological polar surface area (TPSA) is 117 Å². The number of nitrogens with two attached hydrogens (primary N) is 1. The van der Waals surface area contributed by atoms with Crippen LogP contribution in [0.2, 0.25) is 0 Å². The van der Waals surface area contributed by atoms with Crippen molar-refractivity contribution >= 4 is 29.1 Å². The number of ether oxygens (including phenoxy) is 1. The Bertz CT molecular complexity index is 1540. The predicted octanol–water partition coefficient (Wildman–Crippen LogP) is 4.73. The molecule has 2 saturated heterocycles. The molecule has 1 unspecified atom stereocenters. The number of nitrogen functional groups attached to an aromatic ring is 1. The van der Waals surface area contributed by atoms with Gasteiger partial charge in [0.1, 0.15) is 23.2 Å². The minimum absolute atomic E-state index is 0.0815. The Morgan fingerprint density at radius 1 is 0.978 bits per heavy atom. The number of nitrogens with one attached hydrogen (secondary N) is 1. The second-order valence-corrected chi connectivity index (χ2v) is 11.6. The fourth-order valence-corrected chi connectivity index (χ4v) is 5.87. The standard InChI is InChI=1S/C32H38F3N7O3/c1-20(2)40-15-17-41(18-16-40)31(44)24-10-12-25(22-8-4-5-9-26(22)45-3)38-30(24)42-14-6-7-21(19-42)37-27-13-11-23(29(36)39-27)28(43)32(33,34)35/h4-5,8-13,20-21H,6-7,14-19H2,1-3H3,(H3,36,37,39). The van der Waals surface area contributed by atoms with E-state index in [0.29, 0.717) is 55.0 Å². The summed E-state index contributed by atoms with van der Waals surface area (Å²) >= 11 is 0. The Morgan fingerprint density at radius 2 is 1.69 bits per heavy atom. The molecule has 0 aliphatic carbocycles. The zero-order valence-electron chi connectivity index (χ0n) is 25.6. The van der Waals surface area contributed by atoms with Crippen LogP contribution in [0.5, 0.6) is 5.75 Å². The average molecular weight is 626 g/mol. The van der Waals surface area contributed by atoms with Gasteiger partial charge in [-0.25, -0.2) is 9.97 Å². The summed E-state index contributed by atoms with van der Waals surface area (Å²) in [5.41, 5.74) is 7.02. The first kappa shape index (κ1) is 32.0. The summed E-state index contributed by atoms with van der Waals surface area (Å²) in [5.74, 6) is -1.14. The molecule has 1 amide bonds. The quantitative estimate of drug-likeness (QED) is 0.343. The monoisotopic (exact) mass is 625 g/mol. The molecule has 5 rings (SSSR count). The van der Waals surface area contributed by atoms with Crippen LogP contribution in [-0.4, -0.2) is 96.1 Å². The van der Waals surface area contributed by atoms with Gasteiger partial charge in [0.05, 0.1) is 23.9 Å². The first-order chi connectivity index (χ1) is 21.5. The van der Waals surface area contributed by atoms with Crippen molar-refractivity contribution in [3.63, 3.8) is 0 Å². The van der Waals surface area contributed by atoms with Crippen LogP contribution in [0.1, 0.15) is 47.4 Å². The van der Waals surface area contributed by atoms with Crippen LogP contribution in [0.4, 0.5) is 30.6 Å². The van der Waals surface area contributed by atoms with Crippen molar-refractivity contribution in [2.24, 2.45) is 0 Å². The highest BCUT2D eigenvalue weighted by molar-refractivity contribution is 6.04. The lowest BCUT2D eigenvalue weighted by Crippen LogP contribution is -2.51. The molecule has 13 heteroatoms. The maximum Gasteiger partial charge on any atom is 0.455 e. The molecule has 2 fully saturated rings. The summed E-state index contributed by atoms with van der Waals surface area (Å²) in [7, 11) is 1.60. The maximum atomic E-state index is 13.9. The number of para-hydroxylation sites is 1. The van der Waals surface area contributed by atoms with Gasteiger partial charge in [-0.15, -0.1) is 0 Å². The normalized spacial score (nSPS) is 17.8. The summed E-state index contributed by atoms with van der Waals surface area (Å²) in [6.45, 7) is 8.23. The van der Waals surface area contributed by atoms with E-state index in [9.17, 15) is 22.8 Å². The number of piperidine rings is 1. The van der Waals surface area contributed by atoms with Gasteiger partial charge < -0.3 is 25.6 Å². The van der Waals surface area contributed by atoms with Crippen molar-refractivity contribution in [1.29, 1.82) is 0 Å². The SMILES string of the molecule is COc1ccccc1-c1ccc(C(=O)N2CCN(C(C)C)CC2)c(N2CCCC(Nc3ccc(C(=O)C(F)(F)F)c(N)n3)C2)n1. The summed E-state index contributed by atoms with van der Waals surface area (Å²) < 4.78 is 44.4. The number of hydrogen-bond donors (Lipinski definition) is 2. The number of carbonyl (C=O) groups excluding carboxylic acids is 2. The van der Waals surface area contributed by atoms with Crippen LogP contribution in [0.25, 0.3) is 11.3 Å². The Hall–Kier alpha value is -4.39. The molecular formula is C32H38F3N7O3. The lowest BCUT2D eigenvalue weighted by molar-refractivity contribution is -0.0884. The van der Waals surface area contributed by atoms with Crippen molar-refractivity contribution in [3.05, 3.63) is 59.7 Å². The van der Waals surface area contributed by atoms with Crippen LogP contribution in [0.15, 0.2) is 48.5 Å². The highest BCUT2D eigenvalue weighted by Crippen LogP contribution is 2.33. The van der Waals surface area contributed by atoms with E-state index >= 15 is 0 Å². The molecule has 0 saturated carbocycles. The number of benzene rings is 1. The van der Waals surface area contributed by atoms with Crippen LogP contribution >= 0.6 is 0 Å². The molecule has 0 radical (unpaired) electrons. The number of nitrogens with zero attached hydrogens (tertiary/aromatic N) is 5. The number of hydrogen-bond acceptors (Lipinski definition) is 9. The zero-order chi connectivity index (χ0) is 32.3. The fourth-order valence-electron chi connectivity index (χ4n) is 5.87. The smallest absolute Gasteiger partial charge is 0.455 e. The van der Waals surface area contributed by atoms with Gasteiger partial charge >= 0.3 is 6.18 Å². The van der Waals surface area contributed by atoms with E-state index in [2.05, 4.69) is 33.9 Å². The van der Waals surface area contributed by atoms with Gasteiger partial charge in [-0.3, -0.25) is 14.5 Å². The van der Waals surface area contributed by atoms with Crippen molar-refractivity contribution in [1.82, 2.24) is 19.8 Å². The van der Waals surface area contributed by atoms with Gasteiger partial charge in [-0.2, -0.15) is 13.2 Å². The van der Waals surface area contributed by atoms with Gasteiger partial charge in [0, 0.05) is 56.9 Å². The third-order valence-electron chi connectivity index (χ3n) is 8.32. The molecule has 10 nitrogen and oxygen atoms in total. The molecule has 45 heavy (non-hydrogen) atoms. The number of anilines is 3. The Kier molecular flexibility index (Phi) is 9.47. The first-order valence-electron chi connectivity index (χ1n) is 15.0.